The topological polar surface area (TPSA) is 49.8 Å². The first-order valence-electron chi connectivity index (χ1n) is 2.01. The van der Waals surface area contributed by atoms with Gasteiger partial charge in [-0.3, -0.25) is 0 Å². The van der Waals surface area contributed by atoms with Crippen LogP contribution in [-0.4, -0.2) is 0 Å². The van der Waals surface area contributed by atoms with Crippen molar-refractivity contribution < 1.29 is 0 Å². The molecule has 2 nitrogen and oxygen atoms in total. The van der Waals surface area contributed by atoms with Crippen LogP contribution >= 0.6 is 0 Å². The minimum Gasteiger partial charge on any atom is -0.401 e. The van der Waals surface area contributed by atoms with E-state index in [9.17, 15) is 0 Å². The third kappa shape index (κ3) is 1.83. The highest BCUT2D eigenvalue weighted by atomic mass is 14.6. The van der Waals surface area contributed by atoms with Gasteiger partial charge in [0.15, 0.2) is 0 Å². The van der Waals surface area contributed by atoms with Gasteiger partial charge in [-0.05, 0) is 13.8 Å². The number of hydrogen-bond acceptors (Lipinski definition) is 2. The molecule has 0 aliphatic carbocycles. The van der Waals surface area contributed by atoms with Gasteiger partial charge in [-0.1, -0.05) is 0 Å². The Kier molecular flexibility index (Phi) is 1.94. The van der Waals surface area contributed by atoms with Crippen LogP contribution < -0.4 is 5.73 Å². The summed E-state index contributed by atoms with van der Waals surface area (Å²) < 4.78 is 0. The van der Waals surface area contributed by atoms with E-state index >= 15 is 0 Å². The summed E-state index contributed by atoms with van der Waals surface area (Å²) in [5, 5.41) is 8.12. The van der Waals surface area contributed by atoms with Gasteiger partial charge in [-0.2, -0.15) is 5.26 Å². The molecule has 0 saturated heterocycles. The predicted octanol–water partition coefficient (Wildman–Crippen LogP) is 0.763. The standard InChI is InChI=1S/C5H8N2/c1-4(3-6)5(2)7/h7H2,1-2H3/b5-4+. The van der Waals surface area contributed by atoms with Gasteiger partial charge in [-0.15, -0.1) is 0 Å². The third-order valence-corrected chi connectivity index (χ3v) is 0.759. The van der Waals surface area contributed by atoms with Crippen LogP contribution in [0.4, 0.5) is 0 Å². The maximum absolute atomic E-state index is 8.12. The van der Waals surface area contributed by atoms with Crippen molar-refractivity contribution in [3.8, 4) is 6.07 Å². The predicted molar refractivity (Wildman–Crippen MR) is 28.2 cm³/mol. The van der Waals surface area contributed by atoms with Crippen molar-refractivity contribution in [1.82, 2.24) is 0 Å². The van der Waals surface area contributed by atoms with E-state index in [0.29, 0.717) is 11.3 Å². The second-order valence-electron chi connectivity index (χ2n) is 1.42. The van der Waals surface area contributed by atoms with Gasteiger partial charge in [-0.25, -0.2) is 0 Å². The normalized spacial score (nSPS) is 12.1. The molecule has 0 aromatic rings. The lowest BCUT2D eigenvalue weighted by molar-refractivity contribution is 1.24. The van der Waals surface area contributed by atoms with E-state index in [1.54, 1.807) is 13.8 Å². The van der Waals surface area contributed by atoms with Crippen molar-refractivity contribution in [3.05, 3.63) is 11.3 Å². The van der Waals surface area contributed by atoms with E-state index in [1.165, 1.54) is 0 Å². The fraction of sp³-hybridized carbons (Fsp3) is 0.400. The van der Waals surface area contributed by atoms with Crippen LogP contribution in [0.5, 0.6) is 0 Å². The van der Waals surface area contributed by atoms with Gasteiger partial charge >= 0.3 is 0 Å². The summed E-state index contributed by atoms with van der Waals surface area (Å²) in [4.78, 5) is 0. The number of hydrogen-bond donors (Lipinski definition) is 1. The fourth-order valence-corrected chi connectivity index (χ4v) is 0.0882. The first-order valence-corrected chi connectivity index (χ1v) is 2.01. The Balaban J connectivity index is 4.07. The molecule has 0 bridgehead atoms. The average Bonchev–Trinajstić information content (AvgIpc) is 1.65. The van der Waals surface area contributed by atoms with Crippen LogP contribution in [0.2, 0.25) is 0 Å². The zero-order chi connectivity index (χ0) is 5.86. The minimum atomic E-state index is 0.597. The van der Waals surface area contributed by atoms with Crippen molar-refractivity contribution in [2.45, 2.75) is 13.8 Å². The van der Waals surface area contributed by atoms with Crippen LogP contribution in [0.1, 0.15) is 13.8 Å². The molecule has 38 valence electrons. The number of rotatable bonds is 0. The first kappa shape index (κ1) is 6.03. The van der Waals surface area contributed by atoms with E-state index < -0.39 is 0 Å². The number of nitrogens with two attached hydrogens (primary N) is 1. The molecule has 0 aromatic carbocycles. The molecule has 0 heterocycles. The van der Waals surface area contributed by atoms with Crippen LogP contribution in [-0.2, 0) is 0 Å². The minimum absolute atomic E-state index is 0.597. The molecular weight excluding hydrogens is 88.1 g/mol. The van der Waals surface area contributed by atoms with Gasteiger partial charge in [0.25, 0.3) is 0 Å². The summed E-state index contributed by atoms with van der Waals surface area (Å²) in [5.41, 5.74) is 6.40. The second kappa shape index (κ2) is 2.25. The van der Waals surface area contributed by atoms with Crippen molar-refractivity contribution in [1.29, 1.82) is 5.26 Å². The van der Waals surface area contributed by atoms with Crippen LogP contribution in [0.25, 0.3) is 0 Å². The Morgan fingerprint density at radius 2 is 2.00 bits per heavy atom. The first-order chi connectivity index (χ1) is 3.18. The fourth-order valence-electron chi connectivity index (χ4n) is 0.0882. The van der Waals surface area contributed by atoms with E-state index in [-0.39, 0.29) is 0 Å². The van der Waals surface area contributed by atoms with Gasteiger partial charge in [0.1, 0.15) is 0 Å². The largest absolute Gasteiger partial charge is 0.401 e. The van der Waals surface area contributed by atoms with Crippen molar-refractivity contribution >= 4 is 0 Å². The summed E-state index contributed by atoms with van der Waals surface area (Å²) in [6.07, 6.45) is 0. The SMILES string of the molecule is C/C(N)=C(/C)C#N. The summed E-state index contributed by atoms with van der Waals surface area (Å²) >= 11 is 0. The van der Waals surface area contributed by atoms with Crippen LogP contribution in [0.3, 0.4) is 0 Å². The molecule has 0 aromatic heterocycles. The molecule has 0 atom stereocenters. The maximum Gasteiger partial charge on any atom is 0.0962 e. The van der Waals surface area contributed by atoms with Gasteiger partial charge < -0.3 is 5.73 Å². The molecular formula is C5H8N2. The summed E-state index contributed by atoms with van der Waals surface area (Å²) in [5.74, 6) is 0. The van der Waals surface area contributed by atoms with E-state index in [1.807, 2.05) is 6.07 Å². The van der Waals surface area contributed by atoms with E-state index in [2.05, 4.69) is 0 Å². The lowest BCUT2D eigenvalue weighted by atomic mass is 10.3. The molecule has 0 saturated carbocycles. The van der Waals surface area contributed by atoms with E-state index in [0.717, 1.165) is 0 Å². The molecule has 2 N–H and O–H groups in total. The van der Waals surface area contributed by atoms with Crippen LogP contribution in [0, 0.1) is 11.3 Å². The summed E-state index contributed by atoms with van der Waals surface area (Å²) in [7, 11) is 0. The average molecular weight is 96.1 g/mol. The molecule has 2 heteroatoms. The zero-order valence-corrected chi connectivity index (χ0v) is 4.52. The summed E-state index contributed by atoms with van der Waals surface area (Å²) in [6.45, 7) is 3.40. The molecule has 0 unspecified atom stereocenters. The van der Waals surface area contributed by atoms with E-state index in [4.69, 9.17) is 11.0 Å². The lowest BCUT2D eigenvalue weighted by Crippen LogP contribution is -1.92. The Hall–Kier alpha value is -0.970. The highest BCUT2D eigenvalue weighted by Gasteiger charge is 1.83. The van der Waals surface area contributed by atoms with Gasteiger partial charge in [0.2, 0.25) is 0 Å². The Bertz CT molecular complexity index is 124. The monoisotopic (exact) mass is 96.1 g/mol. The summed E-state index contributed by atoms with van der Waals surface area (Å²) in [6, 6.07) is 1.92. The smallest absolute Gasteiger partial charge is 0.0962 e. The number of nitrogens with zero attached hydrogens (tertiary/aromatic N) is 1. The second-order valence-corrected chi connectivity index (χ2v) is 1.42. The Labute approximate surface area is 43.2 Å². The van der Waals surface area contributed by atoms with Gasteiger partial charge in [0.05, 0.1) is 6.07 Å². The highest BCUT2D eigenvalue weighted by molar-refractivity contribution is 5.21. The Morgan fingerprint density at radius 3 is 2.00 bits per heavy atom. The molecule has 0 aliphatic rings. The zero-order valence-electron chi connectivity index (χ0n) is 4.52. The third-order valence-electron chi connectivity index (χ3n) is 0.759. The number of nitriles is 1. The van der Waals surface area contributed by atoms with Crippen LogP contribution in [0.15, 0.2) is 11.3 Å². The quantitative estimate of drug-likeness (QED) is 0.452. The molecule has 0 rings (SSSR count). The van der Waals surface area contributed by atoms with Crippen molar-refractivity contribution in [2.24, 2.45) is 5.73 Å². The van der Waals surface area contributed by atoms with Crippen molar-refractivity contribution in [2.75, 3.05) is 0 Å². The molecule has 0 amide bonds. The molecule has 0 radical (unpaired) electrons. The molecule has 0 aliphatic heterocycles. The number of allylic oxidation sites excluding steroid dienone is 2. The Morgan fingerprint density at radius 1 is 1.57 bits per heavy atom. The molecule has 7 heavy (non-hydrogen) atoms. The molecule has 0 fully saturated rings. The molecule has 0 spiro atoms. The lowest BCUT2D eigenvalue weighted by Gasteiger charge is -1.85. The maximum atomic E-state index is 8.12. The van der Waals surface area contributed by atoms with Crippen molar-refractivity contribution in [3.63, 3.8) is 0 Å². The highest BCUT2D eigenvalue weighted by Crippen LogP contribution is 1.90. The van der Waals surface area contributed by atoms with Gasteiger partial charge in [0, 0.05) is 11.3 Å².